The number of carbonyl (C=O) groups excluding carboxylic acids is 1. The molecule has 0 radical (unpaired) electrons. The minimum atomic E-state index is -2.38. The molecule has 2 heterocycles. The second-order valence-corrected chi connectivity index (χ2v) is 9.64. The number of carbonyl (C=O) groups is 1. The van der Waals surface area contributed by atoms with Crippen LogP contribution in [0.25, 0.3) is 21.8 Å². The summed E-state index contributed by atoms with van der Waals surface area (Å²) in [6.07, 6.45) is 0. The van der Waals surface area contributed by atoms with Crippen molar-refractivity contribution >= 4 is 47.7 Å². The molecule has 0 aliphatic carbocycles. The van der Waals surface area contributed by atoms with Gasteiger partial charge in [-0.2, -0.15) is 0 Å². The maximum Gasteiger partial charge on any atom is 0.179 e. The molecule has 0 spiro atoms. The SMILES string of the molecule is CCn1c2ccccc2c2cccc(S3(C=O)C(N)=NN=C3c3ccccc3)c21. The summed E-state index contributed by atoms with van der Waals surface area (Å²) < 4.78 is 2.26. The predicted molar refractivity (Wildman–Crippen MR) is 122 cm³/mol. The smallest absolute Gasteiger partial charge is 0.179 e. The second-order valence-electron chi connectivity index (χ2n) is 6.88. The van der Waals surface area contributed by atoms with Gasteiger partial charge in [0.15, 0.2) is 10.8 Å². The van der Waals surface area contributed by atoms with Crippen LogP contribution in [0.15, 0.2) is 87.9 Å². The number of rotatable bonds is 4. The topological polar surface area (TPSA) is 72.7 Å². The third-order valence-corrected chi connectivity index (χ3v) is 8.44. The minimum absolute atomic E-state index is 0.284. The average molecular weight is 401 g/mol. The summed E-state index contributed by atoms with van der Waals surface area (Å²) in [6.45, 7) is 2.90. The van der Waals surface area contributed by atoms with Gasteiger partial charge in [-0.05, 0) is 29.1 Å². The summed E-state index contributed by atoms with van der Waals surface area (Å²) in [7, 11) is -2.38. The van der Waals surface area contributed by atoms with E-state index < -0.39 is 10.0 Å². The Morgan fingerprint density at radius 1 is 0.931 bits per heavy atom. The summed E-state index contributed by atoms with van der Waals surface area (Å²) in [4.78, 5) is 13.7. The molecule has 5 rings (SSSR count). The van der Waals surface area contributed by atoms with Crippen LogP contribution < -0.4 is 5.73 Å². The van der Waals surface area contributed by atoms with Crippen LogP contribution in [0, 0.1) is 0 Å². The molecule has 4 aromatic rings. The fourth-order valence-corrected chi connectivity index (χ4v) is 6.76. The number of hydrogen-bond donors (Lipinski definition) is 1. The molecule has 144 valence electrons. The lowest BCUT2D eigenvalue weighted by Gasteiger charge is -2.31. The number of benzene rings is 3. The van der Waals surface area contributed by atoms with Crippen molar-refractivity contribution in [3.63, 3.8) is 0 Å². The van der Waals surface area contributed by atoms with Gasteiger partial charge in [0.25, 0.3) is 0 Å². The van der Waals surface area contributed by atoms with Crippen LogP contribution in [-0.2, 0) is 11.3 Å². The van der Waals surface area contributed by atoms with E-state index in [0.29, 0.717) is 5.04 Å². The van der Waals surface area contributed by atoms with E-state index in [-0.39, 0.29) is 5.17 Å². The molecule has 1 atom stereocenters. The Morgan fingerprint density at radius 3 is 2.41 bits per heavy atom. The molecule has 0 saturated carbocycles. The second kappa shape index (κ2) is 6.60. The first kappa shape index (κ1) is 17.7. The first-order valence-electron chi connectivity index (χ1n) is 9.47. The van der Waals surface area contributed by atoms with Crippen molar-refractivity contribution in [1.82, 2.24) is 4.57 Å². The summed E-state index contributed by atoms with van der Waals surface area (Å²) >= 11 is 0. The molecule has 0 fully saturated rings. The summed E-state index contributed by atoms with van der Waals surface area (Å²) in [6, 6.07) is 24.1. The van der Waals surface area contributed by atoms with E-state index in [4.69, 9.17) is 5.73 Å². The Balaban J connectivity index is 1.90. The van der Waals surface area contributed by atoms with Crippen molar-refractivity contribution in [1.29, 1.82) is 0 Å². The number of para-hydroxylation sites is 2. The summed E-state index contributed by atoms with van der Waals surface area (Å²) in [5, 5.41) is 11.8. The normalized spacial score (nSPS) is 21.0. The largest absolute Gasteiger partial charge is 0.377 e. The van der Waals surface area contributed by atoms with Gasteiger partial charge in [0.2, 0.25) is 0 Å². The molecular formula is C23H20N4OS. The summed E-state index contributed by atoms with van der Waals surface area (Å²) in [5.41, 5.74) is 10.4. The zero-order valence-electron chi connectivity index (χ0n) is 15.9. The van der Waals surface area contributed by atoms with Gasteiger partial charge >= 0.3 is 0 Å². The number of nitrogens with two attached hydrogens (primary N) is 1. The molecule has 1 aliphatic rings. The van der Waals surface area contributed by atoms with Crippen molar-refractivity contribution < 1.29 is 4.79 Å². The molecule has 29 heavy (non-hydrogen) atoms. The van der Waals surface area contributed by atoms with Crippen LogP contribution in [-0.4, -0.2) is 20.4 Å². The number of hydrogen-bond acceptors (Lipinski definition) is 4. The first-order chi connectivity index (χ1) is 14.2. The third-order valence-electron chi connectivity index (χ3n) is 5.46. The van der Waals surface area contributed by atoms with Gasteiger partial charge in [0.1, 0.15) is 5.04 Å². The van der Waals surface area contributed by atoms with Gasteiger partial charge in [-0.15, -0.1) is 10.2 Å². The third kappa shape index (κ3) is 2.32. The van der Waals surface area contributed by atoms with Gasteiger partial charge in [-0.3, -0.25) is 4.79 Å². The van der Waals surface area contributed by atoms with E-state index in [1.807, 2.05) is 54.6 Å². The fraction of sp³-hybridized carbons (Fsp3) is 0.0870. The lowest BCUT2D eigenvalue weighted by molar-refractivity contribution is 0.569. The van der Waals surface area contributed by atoms with E-state index in [9.17, 15) is 4.79 Å². The quantitative estimate of drug-likeness (QED) is 0.497. The van der Waals surface area contributed by atoms with Crippen molar-refractivity contribution in [2.24, 2.45) is 15.9 Å². The van der Waals surface area contributed by atoms with Gasteiger partial charge < -0.3 is 10.3 Å². The van der Waals surface area contributed by atoms with E-state index in [0.717, 1.165) is 39.0 Å². The van der Waals surface area contributed by atoms with Crippen molar-refractivity contribution in [3.05, 3.63) is 78.4 Å². The number of aromatic nitrogens is 1. The Kier molecular flexibility index (Phi) is 4.03. The Labute approximate surface area is 169 Å². The molecule has 1 aliphatic heterocycles. The zero-order chi connectivity index (χ0) is 20.0. The summed E-state index contributed by atoms with van der Waals surface area (Å²) in [5.74, 6) is 0. The van der Waals surface area contributed by atoms with E-state index >= 15 is 0 Å². The zero-order valence-corrected chi connectivity index (χ0v) is 16.8. The van der Waals surface area contributed by atoms with Crippen LogP contribution >= 0.6 is 10.0 Å². The van der Waals surface area contributed by atoms with Gasteiger partial charge in [-0.1, -0.05) is 60.7 Å². The van der Waals surface area contributed by atoms with Crippen LogP contribution in [0.3, 0.4) is 0 Å². The highest BCUT2D eigenvalue weighted by Crippen LogP contribution is 2.60. The molecule has 2 N–H and O–H groups in total. The number of fused-ring (bicyclic) bond motifs is 3. The predicted octanol–water partition coefficient (Wildman–Crippen LogP) is 4.86. The van der Waals surface area contributed by atoms with E-state index in [1.165, 1.54) is 5.39 Å². The molecule has 1 aromatic heterocycles. The molecule has 5 nitrogen and oxygen atoms in total. The van der Waals surface area contributed by atoms with Crippen molar-refractivity contribution in [2.75, 3.05) is 0 Å². The van der Waals surface area contributed by atoms with Gasteiger partial charge in [0.05, 0.1) is 5.52 Å². The van der Waals surface area contributed by atoms with Gasteiger partial charge in [0, 0.05) is 33.3 Å². The van der Waals surface area contributed by atoms with Crippen LogP contribution in [0.5, 0.6) is 0 Å². The van der Waals surface area contributed by atoms with Crippen LogP contribution in [0.1, 0.15) is 12.5 Å². The molecule has 0 amide bonds. The molecule has 3 aromatic carbocycles. The average Bonchev–Trinajstić information content (AvgIpc) is 3.29. The molecular weight excluding hydrogens is 380 g/mol. The molecule has 6 heteroatoms. The Morgan fingerprint density at radius 2 is 1.66 bits per heavy atom. The number of aryl methyl sites for hydroxylation is 1. The van der Waals surface area contributed by atoms with E-state index in [2.05, 4.69) is 39.9 Å². The van der Waals surface area contributed by atoms with Crippen molar-refractivity contribution in [2.45, 2.75) is 18.4 Å². The molecule has 0 bridgehead atoms. The standard InChI is InChI=1S/C23H20N4OS/c1-2-27-19-13-7-6-11-17(19)18-12-8-14-20(21(18)27)29(15-28)22(25-26-23(29)24)16-9-4-3-5-10-16/h3-15H,2H2,1H3,(H2,24,26). The number of nitrogens with zero attached hydrogens (tertiary/aromatic N) is 3. The minimum Gasteiger partial charge on any atom is -0.377 e. The van der Waals surface area contributed by atoms with Gasteiger partial charge in [-0.25, -0.2) is 0 Å². The van der Waals surface area contributed by atoms with Crippen LogP contribution in [0.2, 0.25) is 0 Å². The monoisotopic (exact) mass is 400 g/mol. The maximum atomic E-state index is 12.8. The first-order valence-corrected chi connectivity index (χ1v) is 11.2. The van der Waals surface area contributed by atoms with Crippen LogP contribution in [0.4, 0.5) is 0 Å². The Hall–Kier alpha value is -3.38. The molecule has 1 unspecified atom stereocenters. The number of amidine groups is 1. The fourth-order valence-electron chi connectivity index (χ4n) is 4.17. The van der Waals surface area contributed by atoms with Crippen molar-refractivity contribution in [3.8, 4) is 0 Å². The Bertz CT molecular complexity index is 1320. The lowest BCUT2D eigenvalue weighted by Crippen LogP contribution is -2.26. The highest BCUT2D eigenvalue weighted by molar-refractivity contribution is 8.64. The lowest BCUT2D eigenvalue weighted by atomic mass is 10.1. The highest BCUT2D eigenvalue weighted by Gasteiger charge is 2.43. The highest BCUT2D eigenvalue weighted by atomic mass is 32.3. The van der Waals surface area contributed by atoms with E-state index in [1.54, 1.807) is 0 Å². The molecule has 0 saturated heterocycles. The maximum absolute atomic E-state index is 12.8.